The van der Waals surface area contributed by atoms with Gasteiger partial charge in [0.2, 0.25) is 0 Å². The molecule has 5 heavy (non-hydrogen) atoms. The van der Waals surface area contributed by atoms with Crippen LogP contribution in [0.2, 0.25) is 0 Å². The zero-order valence-electron chi connectivity index (χ0n) is 2.16. The van der Waals surface area contributed by atoms with Crippen LogP contribution in [0.25, 0.3) is 0 Å². The maximum absolute atomic E-state index is 0. The molecular formula is AlCl3P. The Labute approximate surface area is 64.5 Å². The van der Waals surface area contributed by atoms with E-state index in [1.807, 2.05) is 0 Å². The fraction of sp³-hybridized carbons (Fsp3) is 0. The number of halogens is 3. The van der Waals surface area contributed by atoms with E-state index in [0.717, 1.165) is 0 Å². The third kappa shape index (κ3) is 25.5. The summed E-state index contributed by atoms with van der Waals surface area (Å²) < 4.78 is 0. The quantitative estimate of drug-likeness (QED) is 0.246. The van der Waals surface area contributed by atoms with Gasteiger partial charge in [0.25, 0.3) is 0 Å². The zero-order chi connectivity index (χ0) is 0. The molecule has 0 aliphatic heterocycles. The predicted octanol–water partition coefficient (Wildman–Crippen LogP) is -8.51. The van der Waals surface area contributed by atoms with E-state index in [9.17, 15) is 0 Å². The second-order valence-corrected chi connectivity index (χ2v) is 0. The van der Waals surface area contributed by atoms with Crippen LogP contribution in [-0.4, -0.2) is 17.4 Å². The minimum absolute atomic E-state index is 0. The molecule has 3 radical (unpaired) electrons. The molecule has 0 atom stereocenters. The van der Waals surface area contributed by atoms with Gasteiger partial charge in [-0.3, -0.25) is 0 Å². The van der Waals surface area contributed by atoms with Crippen molar-refractivity contribution in [1.29, 1.82) is 0 Å². The van der Waals surface area contributed by atoms with E-state index in [2.05, 4.69) is 0 Å². The molecule has 0 aromatic rings. The molecule has 0 fully saturated rings. The Hall–Kier alpha value is 1.83. The first-order valence-corrected chi connectivity index (χ1v) is 0. The Morgan fingerprint density at radius 1 is 0.600 bits per heavy atom. The van der Waals surface area contributed by atoms with Crippen molar-refractivity contribution >= 4 is 27.3 Å². The first kappa shape index (κ1) is 69.2. The molecule has 0 heterocycles. The fourth-order valence-corrected chi connectivity index (χ4v) is 0. The van der Waals surface area contributed by atoms with Gasteiger partial charge < -0.3 is 37.2 Å². The van der Waals surface area contributed by atoms with Gasteiger partial charge in [-0.15, -0.1) is 0 Å². The van der Waals surface area contributed by atoms with E-state index < -0.39 is 0 Å². The van der Waals surface area contributed by atoms with E-state index in [1.165, 1.54) is 0 Å². The Bertz CT molecular complexity index is 6.85. The Kier molecular flexibility index (Phi) is 562. The molecule has 29 valence electrons. The SMILES string of the molecule is [Al+3].[Cl-].[Cl-].[Cl-].[P]. The second-order valence-electron chi connectivity index (χ2n) is 0. The summed E-state index contributed by atoms with van der Waals surface area (Å²) >= 11 is 0. The summed E-state index contributed by atoms with van der Waals surface area (Å²) in [7, 11) is 0. The molecule has 0 spiro atoms. The molecular weight excluding hydrogens is 164 g/mol. The zero-order valence-corrected chi connectivity index (χ0v) is 6.48. The Balaban J connectivity index is 0. The summed E-state index contributed by atoms with van der Waals surface area (Å²) in [6, 6.07) is 0. The molecule has 0 saturated carbocycles. The van der Waals surface area contributed by atoms with Crippen LogP contribution in [0.3, 0.4) is 0 Å². The van der Waals surface area contributed by atoms with Crippen molar-refractivity contribution in [2.75, 3.05) is 0 Å². The van der Waals surface area contributed by atoms with E-state index in [1.54, 1.807) is 0 Å². The van der Waals surface area contributed by atoms with Crippen molar-refractivity contribution in [2.24, 2.45) is 0 Å². The Morgan fingerprint density at radius 3 is 0.600 bits per heavy atom. The summed E-state index contributed by atoms with van der Waals surface area (Å²) in [4.78, 5) is 0. The van der Waals surface area contributed by atoms with Crippen LogP contribution in [0.5, 0.6) is 0 Å². The number of hydrogen-bond acceptors (Lipinski definition) is 0. The summed E-state index contributed by atoms with van der Waals surface area (Å²) in [5.41, 5.74) is 0. The van der Waals surface area contributed by atoms with Crippen LogP contribution in [0.1, 0.15) is 0 Å². The van der Waals surface area contributed by atoms with Crippen molar-refractivity contribution in [2.45, 2.75) is 0 Å². The molecule has 0 nitrogen and oxygen atoms in total. The molecule has 0 N–H and O–H groups in total. The van der Waals surface area contributed by atoms with Gasteiger partial charge in [0.15, 0.2) is 0 Å². The minimum Gasteiger partial charge on any atom is -1.00 e. The van der Waals surface area contributed by atoms with Crippen molar-refractivity contribution in [3.05, 3.63) is 0 Å². The standard InChI is InChI=1S/Al.3ClH.P/h;3*1H;/q+3;;;;/p-3. The minimum atomic E-state index is 0. The fourth-order valence-electron chi connectivity index (χ4n) is 0. The molecule has 0 bridgehead atoms. The van der Waals surface area contributed by atoms with E-state index in [0.29, 0.717) is 0 Å². The summed E-state index contributed by atoms with van der Waals surface area (Å²) in [5.74, 6) is 0. The van der Waals surface area contributed by atoms with Crippen molar-refractivity contribution in [3.8, 4) is 0 Å². The van der Waals surface area contributed by atoms with Gasteiger partial charge in [-0.05, 0) is 0 Å². The molecule has 0 aliphatic carbocycles. The summed E-state index contributed by atoms with van der Waals surface area (Å²) in [5, 5.41) is 0. The van der Waals surface area contributed by atoms with E-state index in [4.69, 9.17) is 0 Å². The molecule has 0 aromatic heterocycles. The second kappa shape index (κ2) is 40.6. The van der Waals surface area contributed by atoms with E-state index >= 15 is 0 Å². The third-order valence-electron chi connectivity index (χ3n) is 0. The average molecular weight is 164 g/mol. The molecule has 0 saturated heterocycles. The van der Waals surface area contributed by atoms with Crippen molar-refractivity contribution < 1.29 is 37.2 Å². The van der Waals surface area contributed by atoms with Crippen LogP contribution in [0.15, 0.2) is 0 Å². The first-order valence-electron chi connectivity index (χ1n) is 0. The smallest absolute Gasteiger partial charge is 1.00 e. The normalized spacial score (nSPS) is 0. The van der Waals surface area contributed by atoms with Crippen molar-refractivity contribution in [1.82, 2.24) is 0 Å². The molecule has 0 amide bonds. The average Bonchev–Trinajstić information content (AvgIpc) is 0. The van der Waals surface area contributed by atoms with Crippen LogP contribution in [-0.2, 0) is 0 Å². The molecule has 0 unspecified atom stereocenters. The van der Waals surface area contributed by atoms with Crippen molar-refractivity contribution in [3.63, 3.8) is 0 Å². The van der Waals surface area contributed by atoms with Gasteiger partial charge in [-0.1, -0.05) is 0 Å². The molecule has 5 heteroatoms. The maximum Gasteiger partial charge on any atom is 3.00 e. The van der Waals surface area contributed by atoms with Gasteiger partial charge in [0.1, 0.15) is 0 Å². The largest absolute Gasteiger partial charge is 3.00 e. The monoisotopic (exact) mass is 163 g/mol. The van der Waals surface area contributed by atoms with Crippen LogP contribution in [0, 0.1) is 0 Å². The summed E-state index contributed by atoms with van der Waals surface area (Å²) in [6.07, 6.45) is 0. The van der Waals surface area contributed by atoms with E-state index in [-0.39, 0.29) is 64.5 Å². The van der Waals surface area contributed by atoms with Crippen LogP contribution < -0.4 is 37.2 Å². The topological polar surface area (TPSA) is 0 Å². The molecule has 0 rings (SSSR count). The van der Waals surface area contributed by atoms with Gasteiger partial charge in [0, 0.05) is 9.90 Å². The maximum atomic E-state index is 0. The van der Waals surface area contributed by atoms with Gasteiger partial charge >= 0.3 is 17.4 Å². The van der Waals surface area contributed by atoms with Gasteiger partial charge in [0.05, 0.1) is 0 Å². The molecule has 0 aromatic carbocycles. The molecule has 0 aliphatic rings. The number of hydrogen-bond donors (Lipinski definition) is 0. The van der Waals surface area contributed by atoms with Gasteiger partial charge in [-0.25, -0.2) is 0 Å². The van der Waals surface area contributed by atoms with Crippen LogP contribution >= 0.6 is 9.90 Å². The summed E-state index contributed by atoms with van der Waals surface area (Å²) in [6.45, 7) is 0. The van der Waals surface area contributed by atoms with Gasteiger partial charge in [-0.2, -0.15) is 0 Å². The third-order valence-corrected chi connectivity index (χ3v) is 0. The first-order chi connectivity index (χ1) is 0. The van der Waals surface area contributed by atoms with Crippen LogP contribution in [0.4, 0.5) is 0 Å². The number of rotatable bonds is 0. The predicted molar refractivity (Wildman–Crippen MR) is 12.7 cm³/mol. The Morgan fingerprint density at radius 2 is 0.600 bits per heavy atom.